The van der Waals surface area contributed by atoms with Crippen molar-refractivity contribution in [2.75, 3.05) is 5.73 Å². The van der Waals surface area contributed by atoms with Gasteiger partial charge in [0, 0.05) is 12.1 Å². The number of nitrogens with zero attached hydrogens (tertiary/aromatic N) is 1. The average Bonchev–Trinajstić information content (AvgIpc) is 1.94. The van der Waals surface area contributed by atoms with E-state index in [1.54, 1.807) is 0 Å². The molecule has 0 atom stereocenters. The number of nitro groups is 1. The third kappa shape index (κ3) is 2.15. The van der Waals surface area contributed by atoms with Crippen LogP contribution in [0.4, 0.5) is 11.4 Å². The van der Waals surface area contributed by atoms with Crippen LogP contribution in [0.25, 0.3) is 0 Å². The van der Waals surface area contributed by atoms with E-state index in [1.807, 2.05) is 0 Å². The first kappa shape index (κ1) is 10.8. The van der Waals surface area contributed by atoms with Crippen molar-refractivity contribution in [3.05, 3.63) is 28.3 Å². The van der Waals surface area contributed by atoms with E-state index in [-0.39, 0.29) is 37.4 Å². The molecular formula is C6H7LiN2O3. The molecule has 0 unspecified atom stereocenters. The molecule has 1 aromatic rings. The Balaban J connectivity index is 0. The van der Waals surface area contributed by atoms with Crippen LogP contribution in [0.15, 0.2) is 18.2 Å². The van der Waals surface area contributed by atoms with Crippen LogP contribution in [0.5, 0.6) is 5.75 Å². The van der Waals surface area contributed by atoms with Crippen molar-refractivity contribution in [3.63, 3.8) is 0 Å². The molecule has 0 heterocycles. The Hall–Kier alpha value is -1.18. The molecule has 0 aromatic heterocycles. The van der Waals surface area contributed by atoms with Crippen LogP contribution in [0.2, 0.25) is 0 Å². The molecule has 0 bridgehead atoms. The van der Waals surface area contributed by atoms with Gasteiger partial charge in [-0.25, -0.2) is 0 Å². The number of phenolic OH excluding ortho intramolecular Hbond substituents is 1. The molecule has 6 heteroatoms. The van der Waals surface area contributed by atoms with E-state index < -0.39 is 4.92 Å². The number of nitrogen functional groups attached to an aromatic ring is 1. The van der Waals surface area contributed by atoms with Crippen molar-refractivity contribution in [2.24, 2.45) is 0 Å². The summed E-state index contributed by atoms with van der Waals surface area (Å²) in [6.45, 7) is 0. The first-order valence-electron chi connectivity index (χ1n) is 2.84. The normalized spacial score (nSPS) is 8.67. The summed E-state index contributed by atoms with van der Waals surface area (Å²) in [5.41, 5.74) is 5.09. The number of phenols is 1. The fraction of sp³-hybridized carbons (Fsp3) is 0. The van der Waals surface area contributed by atoms with E-state index in [9.17, 15) is 10.1 Å². The minimum absolute atomic E-state index is 0. The Morgan fingerprint density at radius 3 is 2.58 bits per heavy atom. The summed E-state index contributed by atoms with van der Waals surface area (Å²) < 4.78 is 0. The van der Waals surface area contributed by atoms with Gasteiger partial charge in [0.2, 0.25) is 0 Å². The van der Waals surface area contributed by atoms with Gasteiger partial charge >= 0.3 is 18.9 Å². The number of nitro benzene ring substituents is 1. The second-order valence-corrected chi connectivity index (χ2v) is 2.00. The van der Waals surface area contributed by atoms with E-state index in [0.29, 0.717) is 0 Å². The average molecular weight is 162 g/mol. The summed E-state index contributed by atoms with van der Waals surface area (Å²) in [6.07, 6.45) is 0. The predicted octanol–water partition coefficient (Wildman–Crippen LogP) is -2.00. The van der Waals surface area contributed by atoms with E-state index in [0.717, 1.165) is 6.07 Å². The SMILES string of the molecule is Nc1cc([N+](=O)[O-])ccc1O.[H-].[Li+]. The number of benzene rings is 1. The molecule has 0 saturated heterocycles. The van der Waals surface area contributed by atoms with Crippen molar-refractivity contribution in [1.29, 1.82) is 0 Å². The topological polar surface area (TPSA) is 89.4 Å². The van der Waals surface area contributed by atoms with Crippen molar-refractivity contribution >= 4 is 11.4 Å². The Kier molecular flexibility index (Phi) is 3.60. The number of anilines is 1. The summed E-state index contributed by atoms with van der Waals surface area (Å²) in [5, 5.41) is 19.0. The summed E-state index contributed by atoms with van der Waals surface area (Å²) in [6, 6.07) is 3.48. The Bertz CT molecular complexity index is 308. The number of hydrogen-bond donors (Lipinski definition) is 2. The van der Waals surface area contributed by atoms with Crippen LogP contribution in [-0.2, 0) is 0 Å². The van der Waals surface area contributed by atoms with Crippen molar-refractivity contribution < 1.29 is 30.3 Å². The quantitative estimate of drug-likeness (QED) is 0.164. The number of hydrogen-bond acceptors (Lipinski definition) is 4. The van der Waals surface area contributed by atoms with Gasteiger partial charge in [-0.3, -0.25) is 10.1 Å². The Morgan fingerprint density at radius 1 is 1.58 bits per heavy atom. The van der Waals surface area contributed by atoms with Gasteiger partial charge in [-0.05, 0) is 6.07 Å². The van der Waals surface area contributed by atoms with Crippen molar-refractivity contribution in [1.82, 2.24) is 0 Å². The molecule has 12 heavy (non-hydrogen) atoms. The van der Waals surface area contributed by atoms with E-state index in [4.69, 9.17) is 10.8 Å². The van der Waals surface area contributed by atoms with Gasteiger partial charge in [0.05, 0.1) is 10.6 Å². The predicted molar refractivity (Wildman–Crippen MR) is 40.3 cm³/mol. The van der Waals surface area contributed by atoms with Crippen molar-refractivity contribution in [2.45, 2.75) is 0 Å². The number of aromatic hydroxyl groups is 1. The molecule has 0 amide bonds. The maximum absolute atomic E-state index is 10.1. The Morgan fingerprint density at radius 2 is 2.17 bits per heavy atom. The van der Waals surface area contributed by atoms with Gasteiger partial charge < -0.3 is 12.3 Å². The smallest absolute Gasteiger partial charge is 1.00 e. The third-order valence-corrected chi connectivity index (χ3v) is 1.22. The van der Waals surface area contributed by atoms with Gasteiger partial charge in [0.15, 0.2) is 0 Å². The molecule has 0 spiro atoms. The molecule has 3 N–H and O–H groups in total. The first-order valence-corrected chi connectivity index (χ1v) is 2.84. The summed E-state index contributed by atoms with van der Waals surface area (Å²) in [4.78, 5) is 9.56. The second-order valence-electron chi connectivity index (χ2n) is 2.00. The number of nitrogens with two attached hydrogens (primary N) is 1. The van der Waals surface area contributed by atoms with Crippen LogP contribution in [0.3, 0.4) is 0 Å². The fourth-order valence-electron chi connectivity index (χ4n) is 0.655. The van der Waals surface area contributed by atoms with Gasteiger partial charge in [-0.2, -0.15) is 0 Å². The molecule has 60 valence electrons. The molecule has 0 fully saturated rings. The largest absolute Gasteiger partial charge is 1.00 e. The maximum Gasteiger partial charge on any atom is 1.00 e. The maximum atomic E-state index is 10.1. The van der Waals surface area contributed by atoms with Gasteiger partial charge in [0.25, 0.3) is 5.69 Å². The minimum Gasteiger partial charge on any atom is -1.00 e. The molecule has 1 rings (SSSR count). The fourth-order valence-corrected chi connectivity index (χ4v) is 0.655. The van der Waals surface area contributed by atoms with Crippen molar-refractivity contribution in [3.8, 4) is 5.75 Å². The monoisotopic (exact) mass is 162 g/mol. The number of non-ortho nitro benzene ring substituents is 1. The molecule has 5 nitrogen and oxygen atoms in total. The van der Waals surface area contributed by atoms with Gasteiger partial charge in [-0.1, -0.05) is 0 Å². The summed E-state index contributed by atoms with van der Waals surface area (Å²) in [5.74, 6) is -0.143. The van der Waals surface area contributed by atoms with E-state index >= 15 is 0 Å². The number of rotatable bonds is 1. The molecule has 0 aliphatic heterocycles. The zero-order valence-electron chi connectivity index (χ0n) is 7.52. The van der Waals surface area contributed by atoms with E-state index in [1.165, 1.54) is 12.1 Å². The Labute approximate surface area is 82.0 Å². The second kappa shape index (κ2) is 4.00. The van der Waals surface area contributed by atoms with Crippen LogP contribution in [0.1, 0.15) is 1.43 Å². The molecule has 1 aromatic carbocycles. The first-order chi connectivity index (χ1) is 5.11. The van der Waals surface area contributed by atoms with Gasteiger partial charge in [-0.15, -0.1) is 0 Å². The minimum atomic E-state index is -0.574. The zero-order valence-corrected chi connectivity index (χ0v) is 6.52. The van der Waals surface area contributed by atoms with Crippen LogP contribution >= 0.6 is 0 Å². The molecule has 0 radical (unpaired) electrons. The zero-order chi connectivity index (χ0) is 8.43. The standard InChI is InChI=1S/C6H6N2O3.Li.H/c7-5-3-4(8(10)11)1-2-6(5)9;;/h1-3,9H,7H2;;/q;+1;-1. The van der Waals surface area contributed by atoms with E-state index in [2.05, 4.69) is 0 Å². The molecule has 0 saturated carbocycles. The summed E-state index contributed by atoms with van der Waals surface area (Å²) in [7, 11) is 0. The van der Waals surface area contributed by atoms with Crippen LogP contribution < -0.4 is 24.6 Å². The third-order valence-electron chi connectivity index (χ3n) is 1.22. The van der Waals surface area contributed by atoms with Gasteiger partial charge in [0.1, 0.15) is 5.75 Å². The molecular weight excluding hydrogens is 155 g/mol. The van der Waals surface area contributed by atoms with Crippen LogP contribution in [-0.4, -0.2) is 10.0 Å². The molecule has 0 aliphatic rings. The summed E-state index contributed by atoms with van der Waals surface area (Å²) >= 11 is 0. The molecule has 0 aliphatic carbocycles. The van der Waals surface area contributed by atoms with Crippen LogP contribution in [0, 0.1) is 10.1 Å².